The number of Topliss-reactive ketones (excluding diaryl/α,β-unsaturated/α-hetero) is 1. The molecule has 5 rings (SSSR count). The molecule has 4 heterocycles. The highest BCUT2D eigenvalue weighted by Crippen LogP contribution is 2.47. The van der Waals surface area contributed by atoms with Gasteiger partial charge in [0.05, 0.1) is 23.5 Å². The van der Waals surface area contributed by atoms with Crippen LogP contribution in [-0.4, -0.2) is 104 Å². The van der Waals surface area contributed by atoms with E-state index in [1.165, 1.54) is 34.1 Å². The van der Waals surface area contributed by atoms with Gasteiger partial charge < -0.3 is 31.4 Å². The van der Waals surface area contributed by atoms with Crippen molar-refractivity contribution < 1.29 is 38.2 Å². The molecule has 1 unspecified atom stereocenters. The van der Waals surface area contributed by atoms with Gasteiger partial charge >= 0.3 is 0 Å². The van der Waals surface area contributed by atoms with Gasteiger partial charge in [-0.05, 0) is 45.1 Å². The van der Waals surface area contributed by atoms with Crippen molar-refractivity contribution in [1.29, 1.82) is 0 Å². The van der Waals surface area contributed by atoms with Crippen molar-refractivity contribution in [3.05, 3.63) is 46.1 Å². The number of rotatable bonds is 11. The molecule has 3 aliphatic rings. The Morgan fingerprint density at radius 1 is 1.12 bits per heavy atom. The fourth-order valence-corrected chi connectivity index (χ4v) is 8.83. The second-order valence-corrected chi connectivity index (χ2v) is 16.6. The Hall–Kier alpha value is -4.13. The predicted octanol–water partition coefficient (Wildman–Crippen LogP) is 0.559. The molecule has 50 heavy (non-hydrogen) atoms. The molecule has 2 saturated heterocycles. The van der Waals surface area contributed by atoms with Crippen molar-refractivity contribution in [3.8, 4) is 0 Å². The van der Waals surface area contributed by atoms with Crippen LogP contribution in [0.1, 0.15) is 93.7 Å². The average molecular weight is 719 g/mol. The average Bonchev–Trinajstić information content (AvgIpc) is 3.74. The maximum absolute atomic E-state index is 14.6. The molecule has 2 aromatic rings. The summed E-state index contributed by atoms with van der Waals surface area (Å²) in [5.74, 6) is -4.67. The van der Waals surface area contributed by atoms with Gasteiger partial charge in [-0.1, -0.05) is 37.3 Å². The topological polar surface area (TPSA) is 263 Å². The van der Waals surface area contributed by atoms with Crippen LogP contribution >= 0.6 is 10.6 Å². The van der Waals surface area contributed by atoms with Gasteiger partial charge in [-0.15, -0.1) is 5.10 Å². The van der Waals surface area contributed by atoms with E-state index in [0.29, 0.717) is 12.1 Å². The summed E-state index contributed by atoms with van der Waals surface area (Å²) in [7, 11) is -3.03. The van der Waals surface area contributed by atoms with E-state index in [1.54, 1.807) is 13.8 Å². The number of nitrogens with two attached hydrogens (primary N) is 1. The zero-order valence-corrected chi connectivity index (χ0v) is 29.0. The van der Waals surface area contributed by atoms with Crippen LogP contribution in [-0.2, 0) is 24.8 Å². The van der Waals surface area contributed by atoms with Crippen LogP contribution in [0.3, 0.4) is 0 Å². The van der Waals surface area contributed by atoms with Gasteiger partial charge in [-0.25, -0.2) is 4.68 Å². The van der Waals surface area contributed by atoms with Crippen molar-refractivity contribution in [2.75, 3.05) is 18.1 Å². The summed E-state index contributed by atoms with van der Waals surface area (Å²) in [5, 5.41) is 24.4. The van der Waals surface area contributed by atoms with Crippen molar-refractivity contribution in [1.82, 2.24) is 35.5 Å². The van der Waals surface area contributed by atoms with Crippen LogP contribution in [0.2, 0.25) is 0 Å². The van der Waals surface area contributed by atoms with Gasteiger partial charge in [0.25, 0.3) is 11.8 Å². The highest BCUT2D eigenvalue weighted by Gasteiger charge is 2.50. The number of nitrogens with zero attached hydrogens (tertiary/aromatic N) is 4. The number of carbonyl (C=O) groups excluding carboxylic acids is 5. The number of hydrogen-bond donors (Lipinski definition) is 7. The van der Waals surface area contributed by atoms with E-state index in [9.17, 15) is 43.0 Å². The zero-order chi connectivity index (χ0) is 36.4. The van der Waals surface area contributed by atoms with E-state index in [0.717, 1.165) is 32.1 Å². The molecule has 4 amide bonds. The molecule has 3 fully saturated rings. The number of aromatic nitrogens is 4. The van der Waals surface area contributed by atoms with Crippen molar-refractivity contribution in [2.24, 2.45) is 11.7 Å². The summed E-state index contributed by atoms with van der Waals surface area (Å²) in [6, 6.07) is -0.421. The molecule has 0 spiro atoms. The molecule has 0 bridgehead atoms. The van der Waals surface area contributed by atoms with Gasteiger partial charge in [-0.2, -0.15) is 10.6 Å². The second-order valence-electron chi connectivity index (χ2n) is 14.2. The molecule has 18 heteroatoms. The molecule has 274 valence electrons. The minimum absolute atomic E-state index is 0.0238. The monoisotopic (exact) mass is 718 g/mol. The van der Waals surface area contributed by atoms with Crippen LogP contribution in [0, 0.1) is 5.92 Å². The number of likely N-dealkylation sites (tertiary alicyclic amines) is 1. The summed E-state index contributed by atoms with van der Waals surface area (Å²) < 4.78 is 21.9. The summed E-state index contributed by atoms with van der Waals surface area (Å²) in [6.45, 7) is 3.02. The largest absolute Gasteiger partial charge is 0.384 e. The lowest BCUT2D eigenvalue weighted by Crippen LogP contribution is -2.64. The summed E-state index contributed by atoms with van der Waals surface area (Å²) >= 11 is 0. The summed E-state index contributed by atoms with van der Waals surface area (Å²) in [4.78, 5) is 83.0. The number of nitrogens with one attached hydrogen (secondary N) is 3. The Balaban J connectivity index is 1.49. The number of primary amides is 1. The van der Waals surface area contributed by atoms with Crippen LogP contribution < -0.4 is 21.9 Å². The number of aliphatic hydroxyl groups is 1. The fraction of sp³-hybridized carbons (Fsp3) is 0.625. The highest BCUT2D eigenvalue weighted by atomic mass is 32.3. The molecule has 1 aliphatic carbocycles. The molecule has 8 N–H and O–H groups in total. The van der Waals surface area contributed by atoms with E-state index in [-0.39, 0.29) is 48.8 Å². The number of aromatic amines is 1. The third kappa shape index (κ3) is 8.25. The Morgan fingerprint density at radius 2 is 1.80 bits per heavy atom. The first-order valence-corrected chi connectivity index (χ1v) is 18.7. The van der Waals surface area contributed by atoms with Crippen LogP contribution in [0.5, 0.6) is 0 Å². The Kier molecular flexibility index (Phi) is 10.9. The first-order valence-electron chi connectivity index (χ1n) is 16.8. The lowest BCUT2D eigenvalue weighted by Gasteiger charge is -2.45. The van der Waals surface area contributed by atoms with Gasteiger partial charge in [0.15, 0.2) is 0 Å². The maximum atomic E-state index is 14.6. The molecule has 1 saturated carbocycles. The Morgan fingerprint density at radius 3 is 2.40 bits per heavy atom. The molecule has 17 nitrogen and oxygen atoms in total. The minimum Gasteiger partial charge on any atom is -0.384 e. The lowest BCUT2D eigenvalue weighted by atomic mass is 9.84. The lowest BCUT2D eigenvalue weighted by molar-refractivity contribution is -0.145. The first-order chi connectivity index (χ1) is 23.5. The Labute approximate surface area is 290 Å². The molecular weight excluding hydrogens is 672 g/mol. The first kappa shape index (κ1) is 37.1. The van der Waals surface area contributed by atoms with Crippen LogP contribution in [0.4, 0.5) is 0 Å². The number of hydrogen-bond acceptors (Lipinski definition) is 11. The van der Waals surface area contributed by atoms with Gasteiger partial charge in [-0.3, -0.25) is 37.9 Å². The molecule has 2 aromatic heterocycles. The third-order valence-corrected chi connectivity index (χ3v) is 11.8. The van der Waals surface area contributed by atoms with Gasteiger partial charge in [0, 0.05) is 36.7 Å². The highest BCUT2D eigenvalue weighted by molar-refractivity contribution is 8.24. The third-order valence-electron chi connectivity index (χ3n) is 10.1. The number of amides is 4. The van der Waals surface area contributed by atoms with Crippen molar-refractivity contribution in [3.63, 3.8) is 0 Å². The van der Waals surface area contributed by atoms with Gasteiger partial charge in [0.2, 0.25) is 23.2 Å². The standard InChI is InChI=1S/C32H46N8O9S/c1-31(2,47)24-17-35-38-40(24)21-15-23(29(45)37-32(26(42)27(33)43)10-12-50(48,49)13-11-32)39(18-21)30(46)22(14-19-6-4-3-5-7-19)36-28(44)20-8-9-25(41)34-16-20/h8-9,16-17,19,21-23,47-49H,3-7,10-15,18H2,1-2H3,(H2,33,43)(H,34,41)(H,36,44)(H,37,45)/t21-,22?,23-/m0/s1. The predicted molar refractivity (Wildman–Crippen MR) is 181 cm³/mol. The van der Waals surface area contributed by atoms with Crippen molar-refractivity contribution in [2.45, 2.75) is 101 Å². The number of ketones is 1. The maximum Gasteiger partial charge on any atom is 0.287 e. The summed E-state index contributed by atoms with van der Waals surface area (Å²) in [6.07, 6.45) is 7.13. The number of carbonyl (C=O) groups is 5. The smallest absolute Gasteiger partial charge is 0.287 e. The fourth-order valence-electron chi connectivity index (χ4n) is 7.27. The minimum atomic E-state index is -3.03. The van der Waals surface area contributed by atoms with Crippen LogP contribution in [0.25, 0.3) is 0 Å². The van der Waals surface area contributed by atoms with E-state index in [4.69, 9.17) is 5.73 Å². The van der Waals surface area contributed by atoms with E-state index in [2.05, 4.69) is 25.9 Å². The normalized spacial score (nSPS) is 23.4. The molecule has 0 aromatic carbocycles. The summed E-state index contributed by atoms with van der Waals surface area (Å²) in [5.41, 5.74) is 2.24. The molecular formula is C32H46N8O9S. The molecule has 0 radical (unpaired) electrons. The quantitative estimate of drug-likeness (QED) is 0.158. The number of pyridine rings is 1. The molecule has 3 atom stereocenters. The SMILES string of the molecule is CC(C)(O)c1cnnn1[C@H]1C[C@@H](C(=O)NC2(C(=O)C(N)=O)CCS(O)(O)CC2)N(C(=O)C(CC2CCCCC2)NC(=O)c2ccc(=O)[nH]c2)C1. The van der Waals surface area contributed by atoms with Crippen molar-refractivity contribution >= 4 is 40.0 Å². The second kappa shape index (κ2) is 14.6. The van der Waals surface area contributed by atoms with Crippen LogP contribution in [0.15, 0.2) is 29.3 Å². The van der Waals surface area contributed by atoms with Gasteiger partial charge in [0.1, 0.15) is 23.2 Å². The van der Waals surface area contributed by atoms with E-state index in [1.807, 2.05) is 0 Å². The molecule has 2 aliphatic heterocycles. The Bertz CT molecular complexity index is 1650. The number of H-pyrrole nitrogens is 1. The zero-order valence-electron chi connectivity index (χ0n) is 28.2. The van der Waals surface area contributed by atoms with E-state index < -0.39 is 74.8 Å². The van der Waals surface area contributed by atoms with E-state index >= 15 is 0 Å².